The summed E-state index contributed by atoms with van der Waals surface area (Å²) < 4.78 is 1.99. The van der Waals surface area contributed by atoms with Crippen molar-refractivity contribution in [3.8, 4) is 22.5 Å². The van der Waals surface area contributed by atoms with Crippen molar-refractivity contribution in [3.63, 3.8) is 0 Å². The van der Waals surface area contributed by atoms with Crippen LogP contribution in [0.2, 0.25) is 0 Å². The van der Waals surface area contributed by atoms with Crippen LogP contribution in [0, 0.1) is 0 Å². The number of aromatic amines is 1. The van der Waals surface area contributed by atoms with E-state index in [0.29, 0.717) is 12.4 Å². The second-order valence-corrected chi connectivity index (χ2v) is 9.23. The van der Waals surface area contributed by atoms with Crippen LogP contribution < -0.4 is 10.5 Å². The number of hydrogen-bond acceptors (Lipinski definition) is 5. The molecule has 3 heterocycles. The molecule has 1 saturated heterocycles. The van der Waals surface area contributed by atoms with E-state index in [0.717, 1.165) is 78.8 Å². The van der Waals surface area contributed by atoms with E-state index in [-0.39, 0.29) is 5.56 Å². The number of aryl methyl sites for hydroxylation is 1. The molecule has 2 aromatic carbocycles. The zero-order valence-electron chi connectivity index (χ0n) is 20.3. The third-order valence-electron chi connectivity index (χ3n) is 6.85. The van der Waals surface area contributed by atoms with Gasteiger partial charge in [0.15, 0.2) is 0 Å². The first-order chi connectivity index (χ1) is 17.2. The fraction of sp³-hybridized carbons (Fsp3) is 0.357. The summed E-state index contributed by atoms with van der Waals surface area (Å²) >= 11 is 0. The van der Waals surface area contributed by atoms with Crippen LogP contribution in [0.4, 0.5) is 5.69 Å². The number of unbranched alkanes of at least 4 members (excludes halogenated alkanes) is 1. The number of rotatable bonds is 8. The van der Waals surface area contributed by atoms with E-state index >= 15 is 0 Å². The van der Waals surface area contributed by atoms with E-state index in [1.807, 2.05) is 28.8 Å². The monoisotopic (exact) mass is 468 g/mol. The third kappa shape index (κ3) is 5.04. The number of anilines is 1. The highest BCUT2D eigenvalue weighted by atomic mass is 16.1. The minimum Gasteiger partial charge on any atom is -0.367 e. The first-order valence-electron chi connectivity index (χ1n) is 12.6. The summed E-state index contributed by atoms with van der Waals surface area (Å²) in [5.41, 5.74) is 6.26. The van der Waals surface area contributed by atoms with Crippen molar-refractivity contribution in [1.82, 2.24) is 25.2 Å². The zero-order valence-corrected chi connectivity index (χ0v) is 20.3. The van der Waals surface area contributed by atoms with Crippen LogP contribution in [0.1, 0.15) is 50.3 Å². The molecule has 0 amide bonds. The molecule has 1 N–H and O–H groups in total. The van der Waals surface area contributed by atoms with Gasteiger partial charge in [0, 0.05) is 24.3 Å². The fourth-order valence-corrected chi connectivity index (χ4v) is 4.91. The number of hydrogen-bond donors (Lipinski definition) is 1. The topological polar surface area (TPSA) is 79.7 Å². The van der Waals surface area contributed by atoms with Gasteiger partial charge in [0.2, 0.25) is 5.82 Å². The van der Waals surface area contributed by atoms with Crippen LogP contribution in [0.25, 0.3) is 22.5 Å². The van der Waals surface area contributed by atoms with Gasteiger partial charge in [-0.1, -0.05) is 61.9 Å². The van der Waals surface area contributed by atoms with E-state index in [1.165, 1.54) is 6.42 Å². The maximum Gasteiger partial charge on any atom is 0.274 e. The van der Waals surface area contributed by atoms with Crippen molar-refractivity contribution in [2.24, 2.45) is 0 Å². The Hall–Kier alpha value is -3.74. The van der Waals surface area contributed by atoms with Crippen LogP contribution >= 0.6 is 0 Å². The normalized spacial score (nSPS) is 13.8. The lowest BCUT2D eigenvalue weighted by atomic mass is 9.98. The van der Waals surface area contributed by atoms with Gasteiger partial charge >= 0.3 is 0 Å². The Labute approximate surface area is 205 Å². The Morgan fingerprint density at radius 1 is 0.914 bits per heavy atom. The largest absolute Gasteiger partial charge is 0.367 e. The van der Waals surface area contributed by atoms with Gasteiger partial charge in [-0.25, -0.2) is 0 Å². The van der Waals surface area contributed by atoms with Crippen molar-refractivity contribution in [2.75, 3.05) is 18.0 Å². The van der Waals surface area contributed by atoms with Crippen LogP contribution in [0.3, 0.4) is 0 Å². The Balaban J connectivity index is 1.45. The first-order valence-corrected chi connectivity index (χ1v) is 12.6. The SMILES string of the molecule is CCCCc1ccc(N2CCCCC2)c(=O)n1Cc1ccc(-c2ccccc2-c2nn[nH]n2)cc1. The average Bonchev–Trinajstić information content (AvgIpc) is 3.45. The summed E-state index contributed by atoms with van der Waals surface area (Å²) in [5.74, 6) is 0.575. The Morgan fingerprint density at radius 3 is 2.40 bits per heavy atom. The standard InChI is InChI=1S/C28H32N6O/c1-2-3-9-23-16-17-26(33-18-7-4-8-19-33)28(35)34(23)20-21-12-14-22(15-13-21)24-10-5-6-11-25(24)27-29-31-32-30-27/h5-6,10-17H,2-4,7-9,18-20H2,1H3,(H,29,30,31,32). The van der Waals surface area contributed by atoms with E-state index in [9.17, 15) is 4.79 Å². The van der Waals surface area contributed by atoms with Crippen molar-refractivity contribution >= 4 is 5.69 Å². The summed E-state index contributed by atoms with van der Waals surface area (Å²) in [7, 11) is 0. The molecule has 0 bridgehead atoms. The van der Waals surface area contributed by atoms with Gasteiger partial charge in [-0.2, -0.15) is 5.21 Å². The molecular weight excluding hydrogens is 436 g/mol. The second-order valence-electron chi connectivity index (χ2n) is 9.23. The number of tetrazole rings is 1. The zero-order chi connectivity index (χ0) is 24.0. The summed E-state index contributed by atoms with van der Waals surface area (Å²) in [6.45, 7) is 4.71. The number of piperidine rings is 1. The molecule has 0 aliphatic carbocycles. The predicted molar refractivity (Wildman–Crippen MR) is 140 cm³/mol. The summed E-state index contributed by atoms with van der Waals surface area (Å²) in [4.78, 5) is 15.9. The van der Waals surface area contributed by atoms with E-state index in [4.69, 9.17) is 0 Å². The van der Waals surface area contributed by atoms with Gasteiger partial charge in [-0.05, 0) is 66.1 Å². The van der Waals surface area contributed by atoms with Gasteiger partial charge in [0.1, 0.15) is 5.69 Å². The molecule has 0 atom stereocenters. The van der Waals surface area contributed by atoms with Crippen LogP contribution in [0.5, 0.6) is 0 Å². The molecule has 35 heavy (non-hydrogen) atoms. The van der Waals surface area contributed by atoms with E-state index in [1.54, 1.807) is 0 Å². The van der Waals surface area contributed by atoms with Crippen LogP contribution in [0.15, 0.2) is 65.5 Å². The van der Waals surface area contributed by atoms with Crippen molar-refractivity contribution in [2.45, 2.75) is 52.0 Å². The number of benzene rings is 2. The molecule has 7 nitrogen and oxygen atoms in total. The average molecular weight is 469 g/mol. The quantitative estimate of drug-likeness (QED) is 0.390. The fourth-order valence-electron chi connectivity index (χ4n) is 4.91. The highest BCUT2D eigenvalue weighted by Gasteiger charge is 2.17. The van der Waals surface area contributed by atoms with E-state index < -0.39 is 0 Å². The van der Waals surface area contributed by atoms with Crippen molar-refractivity contribution in [3.05, 3.63) is 82.3 Å². The van der Waals surface area contributed by atoms with Crippen molar-refractivity contribution in [1.29, 1.82) is 0 Å². The lowest BCUT2D eigenvalue weighted by Gasteiger charge is -2.29. The van der Waals surface area contributed by atoms with E-state index in [2.05, 4.69) is 68.8 Å². The van der Waals surface area contributed by atoms with Crippen molar-refractivity contribution < 1.29 is 0 Å². The summed E-state index contributed by atoms with van der Waals surface area (Å²) in [6.07, 6.45) is 6.67. The van der Waals surface area contributed by atoms with Gasteiger partial charge in [-0.15, -0.1) is 10.2 Å². The Bertz CT molecular complexity index is 1300. The lowest BCUT2D eigenvalue weighted by Crippen LogP contribution is -2.36. The number of pyridine rings is 1. The summed E-state index contributed by atoms with van der Waals surface area (Å²) in [6, 6.07) is 20.7. The highest BCUT2D eigenvalue weighted by molar-refractivity contribution is 5.80. The Kier molecular flexibility index (Phi) is 7.02. The molecule has 2 aromatic heterocycles. The molecule has 0 saturated carbocycles. The molecule has 1 fully saturated rings. The molecular formula is C28H32N6O. The number of aromatic nitrogens is 5. The maximum atomic E-state index is 13.6. The van der Waals surface area contributed by atoms with Gasteiger partial charge in [0.25, 0.3) is 5.56 Å². The minimum absolute atomic E-state index is 0.132. The second kappa shape index (κ2) is 10.7. The van der Waals surface area contributed by atoms with Crippen LogP contribution in [-0.2, 0) is 13.0 Å². The highest BCUT2D eigenvalue weighted by Crippen LogP contribution is 2.30. The smallest absolute Gasteiger partial charge is 0.274 e. The maximum absolute atomic E-state index is 13.6. The van der Waals surface area contributed by atoms with Gasteiger partial charge in [0.05, 0.1) is 6.54 Å². The predicted octanol–water partition coefficient (Wildman–Crippen LogP) is 5.08. The first kappa shape index (κ1) is 23.0. The number of nitrogens with one attached hydrogen (secondary N) is 1. The summed E-state index contributed by atoms with van der Waals surface area (Å²) in [5, 5.41) is 14.5. The molecule has 7 heteroatoms. The molecule has 0 unspecified atom stereocenters. The number of nitrogens with zero attached hydrogens (tertiary/aromatic N) is 5. The van der Waals surface area contributed by atoms with Gasteiger partial charge < -0.3 is 9.47 Å². The molecule has 0 radical (unpaired) electrons. The van der Waals surface area contributed by atoms with Crippen LogP contribution in [-0.4, -0.2) is 38.3 Å². The molecule has 1 aliphatic rings. The van der Waals surface area contributed by atoms with Gasteiger partial charge in [-0.3, -0.25) is 4.79 Å². The molecule has 0 spiro atoms. The minimum atomic E-state index is 0.132. The number of H-pyrrole nitrogens is 1. The Morgan fingerprint density at radius 2 is 1.69 bits per heavy atom. The third-order valence-corrected chi connectivity index (χ3v) is 6.85. The molecule has 1 aliphatic heterocycles. The lowest BCUT2D eigenvalue weighted by molar-refractivity contribution is 0.571. The molecule has 5 rings (SSSR count). The molecule has 180 valence electrons. The molecule has 4 aromatic rings.